The van der Waals surface area contributed by atoms with Crippen LogP contribution in [0.5, 0.6) is 0 Å². The molecule has 15 heteroatoms. The summed E-state index contributed by atoms with van der Waals surface area (Å²) < 4.78 is 77.4. The van der Waals surface area contributed by atoms with Gasteiger partial charge in [-0.05, 0) is 0 Å². The normalized spacial score (nSPS) is 5.20. The van der Waals surface area contributed by atoms with Gasteiger partial charge in [0.25, 0.3) is 0 Å². The van der Waals surface area contributed by atoms with Gasteiger partial charge in [0.1, 0.15) is 0 Å². The van der Waals surface area contributed by atoms with E-state index in [0.29, 0.717) is 0 Å². The Labute approximate surface area is 230 Å². The first-order chi connectivity index (χ1) is 5.20. The molecule has 0 rings (SSSR count). The van der Waals surface area contributed by atoms with Crippen LogP contribution in [0.2, 0.25) is 0 Å². The van der Waals surface area contributed by atoms with Crippen molar-refractivity contribution in [1.29, 1.82) is 0 Å². The van der Waals surface area contributed by atoms with Crippen LogP contribution < -0.4 is 20.6 Å². The van der Waals surface area contributed by atoms with Crippen molar-refractivity contribution < 1.29 is 71.1 Å². The van der Waals surface area contributed by atoms with Crippen molar-refractivity contribution in [2.75, 3.05) is 0 Å². The summed E-state index contributed by atoms with van der Waals surface area (Å²) in [5, 5.41) is 0. The summed E-state index contributed by atoms with van der Waals surface area (Å²) in [7, 11) is 0. The summed E-state index contributed by atoms with van der Waals surface area (Å²) in [6.07, 6.45) is 0. The van der Waals surface area contributed by atoms with Gasteiger partial charge in [-0.25, -0.2) is 0 Å². The van der Waals surface area contributed by atoms with E-state index in [1.165, 1.54) is 0 Å². The van der Waals surface area contributed by atoms with Gasteiger partial charge in [0.15, 0.2) is 0 Å². The van der Waals surface area contributed by atoms with Gasteiger partial charge in [-0.2, -0.15) is 0 Å². The second-order valence-electron chi connectivity index (χ2n) is 0.750. The Bertz CT molecular complexity index is 123. The number of hydrogen-bond donors (Lipinski definition) is 0. The monoisotopic (exact) mass is 815 g/mol. The van der Waals surface area contributed by atoms with E-state index in [1.807, 2.05) is 0 Å². The van der Waals surface area contributed by atoms with Crippen LogP contribution in [0, 0.1) is 0 Å². The molecule has 0 aromatic heterocycles. The van der Waals surface area contributed by atoms with E-state index >= 15 is 0 Å². The zero-order valence-corrected chi connectivity index (χ0v) is 27.5. The van der Waals surface area contributed by atoms with E-state index in [1.54, 1.807) is 0 Å². The van der Waals surface area contributed by atoms with Crippen molar-refractivity contribution in [1.82, 2.24) is 0 Å². The van der Waals surface area contributed by atoms with E-state index in [2.05, 4.69) is 0 Å². The molecule has 0 saturated heterocycles. The Balaban J connectivity index is -0.0000000184. The summed E-state index contributed by atoms with van der Waals surface area (Å²) in [6.45, 7) is 0. The summed E-state index contributed by atoms with van der Waals surface area (Å²) >= 11 is -12.7. The molecular weight excluding hydrogens is 814 g/mol. The molecular formula is Ba3O9SnTiZr. The number of hydrogen-bond acceptors (Lipinski definition) is 9. The van der Waals surface area contributed by atoms with E-state index < -0.39 is 61.8 Å². The summed E-state index contributed by atoms with van der Waals surface area (Å²) in [6, 6.07) is 0. The Kier molecular flexibility index (Phi) is 80.7. The van der Waals surface area contributed by atoms with Crippen molar-refractivity contribution in [3.8, 4) is 0 Å². The van der Waals surface area contributed by atoms with Gasteiger partial charge in [-0.15, -0.1) is 0 Å². The molecule has 0 aromatic rings. The first kappa shape index (κ1) is 37.5. The first-order valence-corrected chi connectivity index (χ1v) is 10.3. The first-order valence-electron chi connectivity index (χ1n) is 1.84. The summed E-state index contributed by atoms with van der Waals surface area (Å²) in [5.41, 5.74) is 0. The third-order valence-electron chi connectivity index (χ3n) is 0. The van der Waals surface area contributed by atoms with Gasteiger partial charge in [-0.1, -0.05) is 0 Å². The standard InChI is InChI=1S/3Ba.9O.Sn.Ti.Zr/q3*+2;;;;6*-1;;;. The van der Waals surface area contributed by atoms with Crippen molar-refractivity contribution in [3.63, 3.8) is 0 Å². The van der Waals surface area contributed by atoms with Gasteiger partial charge >= 0.3 is 238 Å². The molecule has 0 amide bonds. The van der Waals surface area contributed by atoms with Crippen LogP contribution in [-0.2, 0) is 50.5 Å². The van der Waals surface area contributed by atoms with Crippen LogP contribution in [0.4, 0.5) is 0 Å². The summed E-state index contributed by atoms with van der Waals surface area (Å²) in [4.78, 5) is 0. The zero-order valence-electron chi connectivity index (χ0n) is 7.30. The molecule has 0 N–H and O–H groups in total. The average Bonchev–Trinajstić information content (AvgIpc) is 1.54. The molecule has 0 aliphatic carbocycles. The third kappa shape index (κ3) is 172. The van der Waals surface area contributed by atoms with Crippen LogP contribution in [0.1, 0.15) is 0 Å². The molecule has 9 nitrogen and oxygen atoms in total. The topological polar surface area (TPSA) is 190 Å². The zero-order chi connectivity index (χ0) is 10.7. The molecule has 0 saturated carbocycles. The summed E-state index contributed by atoms with van der Waals surface area (Å²) in [5.74, 6) is 0. The fourth-order valence-electron chi connectivity index (χ4n) is 0. The van der Waals surface area contributed by atoms with E-state index in [-0.39, 0.29) is 147 Å². The van der Waals surface area contributed by atoms with Gasteiger partial charge in [0.2, 0.25) is 0 Å². The van der Waals surface area contributed by atoms with Gasteiger partial charge < -0.3 is 0 Å². The van der Waals surface area contributed by atoms with Gasteiger partial charge in [0, 0.05) is 0 Å². The fourth-order valence-corrected chi connectivity index (χ4v) is 0. The molecule has 0 atom stereocenters. The van der Waals surface area contributed by atoms with Crippen LogP contribution in [0.3, 0.4) is 0 Å². The van der Waals surface area contributed by atoms with E-state index in [4.69, 9.17) is 29.8 Å². The van der Waals surface area contributed by atoms with Crippen LogP contribution in [-0.4, -0.2) is 167 Å². The van der Waals surface area contributed by atoms with Crippen LogP contribution >= 0.6 is 0 Å². The quantitative estimate of drug-likeness (QED) is 0.214. The van der Waals surface area contributed by atoms with E-state index in [9.17, 15) is 0 Å². The third-order valence-corrected chi connectivity index (χ3v) is 0. The van der Waals surface area contributed by atoms with Gasteiger partial charge in [0.05, 0.1) is 0 Å². The Morgan fingerprint density at radius 2 is 1.00 bits per heavy atom. The van der Waals surface area contributed by atoms with Crippen molar-refractivity contribution in [2.24, 2.45) is 0 Å². The van der Waals surface area contributed by atoms with Crippen LogP contribution in [0.25, 0.3) is 0 Å². The molecule has 0 radical (unpaired) electrons. The molecule has 0 aromatic carbocycles. The molecule has 0 unspecified atom stereocenters. The molecule has 15 heavy (non-hydrogen) atoms. The molecule has 0 fully saturated rings. The number of rotatable bonds is 0. The van der Waals surface area contributed by atoms with E-state index in [0.717, 1.165) is 0 Å². The molecule has 0 heterocycles. The Hall–Kier alpha value is 6.27. The predicted octanol–water partition coefficient (Wildman–Crippen LogP) is -9.02. The van der Waals surface area contributed by atoms with Crippen molar-refractivity contribution in [3.05, 3.63) is 0 Å². The maximum absolute atomic E-state index is 8.61. The molecule has 0 aliphatic rings. The maximum atomic E-state index is 8.61. The Morgan fingerprint density at radius 3 is 1.00 bits per heavy atom. The SMILES string of the molecule is [Ba+2].[Ba+2].[Ba+2].[O]=[Sn]([O-])[O-].[O]=[Ti]([O-])[O-].[O]=[Zr]([O-])[O-]. The molecule has 72 valence electrons. The van der Waals surface area contributed by atoms with Gasteiger partial charge in [-0.3, -0.25) is 0 Å². The van der Waals surface area contributed by atoms with Crippen LogP contribution in [0.15, 0.2) is 0 Å². The molecule has 0 bridgehead atoms. The molecule has 0 spiro atoms. The van der Waals surface area contributed by atoms with Crippen molar-refractivity contribution in [2.45, 2.75) is 0 Å². The molecule has 0 aliphatic heterocycles. The second-order valence-corrected chi connectivity index (χ2v) is 4.19. The minimum absolute atomic E-state index is 0. The predicted molar refractivity (Wildman–Crippen MR) is 25.1 cm³/mol. The Morgan fingerprint density at radius 1 is 1.00 bits per heavy atom. The average molecular weight is 814 g/mol. The van der Waals surface area contributed by atoms with Crippen molar-refractivity contribution >= 4 is 167 Å². The second kappa shape index (κ2) is 32.3. The minimum atomic E-state index is -4.29. The fraction of sp³-hybridized carbons (Fsp3) is 0.